The highest BCUT2D eigenvalue weighted by molar-refractivity contribution is 9.11. The number of thiophene rings is 1. The number of halogens is 2. The molecule has 2 aromatic heterocycles. The van der Waals surface area contributed by atoms with Crippen LogP contribution in [0.3, 0.4) is 0 Å². The molecule has 7 heteroatoms. The molecule has 1 aliphatic heterocycles. The summed E-state index contributed by atoms with van der Waals surface area (Å²) in [5.41, 5.74) is 3.04. The van der Waals surface area contributed by atoms with Crippen molar-refractivity contribution in [2.45, 2.75) is 19.5 Å². The average Bonchev–Trinajstić information content (AvgIpc) is 3.02. The zero-order valence-electron chi connectivity index (χ0n) is 13.4. The van der Waals surface area contributed by atoms with E-state index in [0.717, 1.165) is 37.4 Å². The monoisotopic (exact) mass is 418 g/mol. The third-order valence-corrected chi connectivity index (χ3v) is 5.73. The molecule has 0 spiro atoms. The lowest BCUT2D eigenvalue weighted by atomic mass is 10.1. The number of hydrogen-bond acceptors (Lipinski definition) is 5. The van der Waals surface area contributed by atoms with Crippen molar-refractivity contribution in [3.05, 3.63) is 68.3 Å². The standard InChI is InChI=1S/C18H16BrFN4S/c19-17-6-5-15(25-17)11-24-8-7-16-12(10-24)9-21-18(23-16)22-14-3-1-13(20)2-4-14/h1-6,9H,7-8,10-11H2,(H,21,22,23). The Hall–Kier alpha value is -1.83. The quantitative estimate of drug-likeness (QED) is 0.663. The number of fused-ring (bicyclic) bond motifs is 1. The van der Waals surface area contributed by atoms with Crippen LogP contribution in [0.4, 0.5) is 16.0 Å². The van der Waals surface area contributed by atoms with Gasteiger partial charge in [0.05, 0.1) is 9.48 Å². The van der Waals surface area contributed by atoms with Crippen molar-refractivity contribution in [2.24, 2.45) is 0 Å². The SMILES string of the molecule is Fc1ccc(Nc2ncc3c(n2)CCN(Cc2ccc(Br)s2)C3)cc1. The van der Waals surface area contributed by atoms with Gasteiger partial charge in [0.25, 0.3) is 0 Å². The first-order chi connectivity index (χ1) is 12.2. The largest absolute Gasteiger partial charge is 0.324 e. The minimum absolute atomic E-state index is 0.255. The fourth-order valence-corrected chi connectivity index (χ4v) is 4.41. The first-order valence-corrected chi connectivity index (χ1v) is 9.60. The van der Waals surface area contributed by atoms with E-state index in [1.807, 2.05) is 6.20 Å². The van der Waals surface area contributed by atoms with Crippen LogP contribution in [0.1, 0.15) is 16.1 Å². The fraction of sp³-hybridized carbons (Fsp3) is 0.222. The van der Waals surface area contributed by atoms with Crippen LogP contribution in [0.5, 0.6) is 0 Å². The fourth-order valence-electron chi connectivity index (χ4n) is 2.89. The lowest BCUT2D eigenvalue weighted by molar-refractivity contribution is 0.245. The van der Waals surface area contributed by atoms with E-state index < -0.39 is 0 Å². The van der Waals surface area contributed by atoms with E-state index in [0.29, 0.717) is 5.95 Å². The van der Waals surface area contributed by atoms with Crippen molar-refractivity contribution in [2.75, 3.05) is 11.9 Å². The van der Waals surface area contributed by atoms with Crippen LogP contribution in [0.2, 0.25) is 0 Å². The molecule has 4 nitrogen and oxygen atoms in total. The normalized spacial score (nSPS) is 14.3. The van der Waals surface area contributed by atoms with Gasteiger partial charge in [-0.2, -0.15) is 0 Å². The van der Waals surface area contributed by atoms with Crippen molar-refractivity contribution in [1.29, 1.82) is 0 Å². The summed E-state index contributed by atoms with van der Waals surface area (Å²) in [6.45, 7) is 2.79. The van der Waals surface area contributed by atoms with E-state index in [1.165, 1.54) is 26.4 Å². The highest BCUT2D eigenvalue weighted by atomic mass is 79.9. The van der Waals surface area contributed by atoms with Gasteiger partial charge in [0, 0.05) is 48.4 Å². The minimum atomic E-state index is -0.255. The van der Waals surface area contributed by atoms with Crippen LogP contribution in [-0.2, 0) is 19.5 Å². The Labute approximate surface area is 157 Å². The van der Waals surface area contributed by atoms with E-state index in [1.54, 1.807) is 23.5 Å². The van der Waals surface area contributed by atoms with Crippen molar-refractivity contribution in [1.82, 2.24) is 14.9 Å². The van der Waals surface area contributed by atoms with Gasteiger partial charge < -0.3 is 5.32 Å². The van der Waals surface area contributed by atoms with Gasteiger partial charge in [-0.05, 0) is 52.3 Å². The molecule has 3 heterocycles. The molecule has 4 rings (SSSR count). The highest BCUT2D eigenvalue weighted by Gasteiger charge is 2.19. The Morgan fingerprint density at radius 3 is 2.80 bits per heavy atom. The van der Waals surface area contributed by atoms with Gasteiger partial charge in [0.2, 0.25) is 5.95 Å². The lowest BCUT2D eigenvalue weighted by Gasteiger charge is -2.27. The average molecular weight is 419 g/mol. The van der Waals surface area contributed by atoms with Gasteiger partial charge in [-0.3, -0.25) is 4.90 Å². The summed E-state index contributed by atoms with van der Waals surface area (Å²) in [6, 6.07) is 10.5. The minimum Gasteiger partial charge on any atom is -0.324 e. The summed E-state index contributed by atoms with van der Waals surface area (Å²) in [5, 5.41) is 3.13. The highest BCUT2D eigenvalue weighted by Crippen LogP contribution is 2.26. The molecule has 3 aromatic rings. The second kappa shape index (κ2) is 7.19. The number of nitrogens with one attached hydrogen (secondary N) is 1. The molecule has 0 unspecified atom stereocenters. The molecule has 25 heavy (non-hydrogen) atoms. The van der Waals surface area contributed by atoms with Crippen molar-refractivity contribution >= 4 is 38.9 Å². The lowest BCUT2D eigenvalue weighted by Crippen LogP contribution is -2.30. The summed E-state index contributed by atoms with van der Waals surface area (Å²) < 4.78 is 14.1. The van der Waals surface area contributed by atoms with Gasteiger partial charge in [0.15, 0.2) is 0 Å². The molecule has 1 aliphatic rings. The molecule has 0 bridgehead atoms. The number of aromatic nitrogens is 2. The van der Waals surface area contributed by atoms with E-state index in [-0.39, 0.29) is 5.82 Å². The molecule has 0 fully saturated rings. The van der Waals surface area contributed by atoms with E-state index in [4.69, 9.17) is 0 Å². The molecule has 0 saturated heterocycles. The van der Waals surface area contributed by atoms with Crippen LogP contribution in [-0.4, -0.2) is 21.4 Å². The Kier molecular flexibility index (Phi) is 4.78. The van der Waals surface area contributed by atoms with Gasteiger partial charge in [-0.1, -0.05) is 0 Å². The maximum Gasteiger partial charge on any atom is 0.227 e. The molecule has 1 aromatic carbocycles. The molecular weight excluding hydrogens is 403 g/mol. The summed E-state index contributed by atoms with van der Waals surface area (Å²) >= 11 is 5.29. The van der Waals surface area contributed by atoms with Gasteiger partial charge in [0.1, 0.15) is 5.82 Å². The Balaban J connectivity index is 1.44. The molecule has 0 atom stereocenters. The van der Waals surface area contributed by atoms with E-state index in [2.05, 4.69) is 48.2 Å². The van der Waals surface area contributed by atoms with Crippen LogP contribution in [0, 0.1) is 5.82 Å². The van der Waals surface area contributed by atoms with Crippen LogP contribution in [0.15, 0.2) is 46.4 Å². The molecule has 128 valence electrons. The zero-order chi connectivity index (χ0) is 17.2. The van der Waals surface area contributed by atoms with Crippen LogP contribution in [0.25, 0.3) is 0 Å². The van der Waals surface area contributed by atoms with Crippen molar-refractivity contribution in [3.8, 4) is 0 Å². The van der Waals surface area contributed by atoms with E-state index >= 15 is 0 Å². The third kappa shape index (κ3) is 4.05. The van der Waals surface area contributed by atoms with Crippen LogP contribution < -0.4 is 5.32 Å². The first-order valence-electron chi connectivity index (χ1n) is 8.00. The maximum absolute atomic E-state index is 13.0. The predicted molar refractivity (Wildman–Crippen MR) is 102 cm³/mol. The van der Waals surface area contributed by atoms with Crippen LogP contribution >= 0.6 is 27.3 Å². The van der Waals surface area contributed by atoms with Crippen molar-refractivity contribution in [3.63, 3.8) is 0 Å². The van der Waals surface area contributed by atoms with Crippen molar-refractivity contribution < 1.29 is 4.39 Å². The third-order valence-electron chi connectivity index (χ3n) is 4.12. The second-order valence-electron chi connectivity index (χ2n) is 5.96. The number of rotatable bonds is 4. The molecule has 0 amide bonds. The van der Waals surface area contributed by atoms with Gasteiger partial charge in [-0.25, -0.2) is 14.4 Å². The topological polar surface area (TPSA) is 41.1 Å². The summed E-state index contributed by atoms with van der Waals surface area (Å²) in [4.78, 5) is 12.8. The number of nitrogens with zero attached hydrogens (tertiary/aromatic N) is 3. The molecule has 0 aliphatic carbocycles. The maximum atomic E-state index is 13.0. The predicted octanol–water partition coefficient (Wildman–Crippen LogP) is 4.74. The van der Waals surface area contributed by atoms with Gasteiger partial charge in [-0.15, -0.1) is 11.3 Å². The Morgan fingerprint density at radius 2 is 2.04 bits per heavy atom. The Bertz CT molecular complexity index is 881. The smallest absolute Gasteiger partial charge is 0.227 e. The molecule has 1 N–H and O–H groups in total. The number of anilines is 2. The van der Waals surface area contributed by atoms with Gasteiger partial charge >= 0.3 is 0 Å². The summed E-state index contributed by atoms with van der Waals surface area (Å²) in [7, 11) is 0. The molecular formula is C18H16BrFN4S. The first kappa shape index (κ1) is 16.6. The summed E-state index contributed by atoms with van der Waals surface area (Å²) in [5.74, 6) is 0.302. The van der Waals surface area contributed by atoms with E-state index in [9.17, 15) is 4.39 Å². The zero-order valence-corrected chi connectivity index (χ0v) is 15.8. The molecule has 0 saturated carbocycles. The number of hydrogen-bond donors (Lipinski definition) is 1. The number of benzene rings is 1. The molecule has 0 radical (unpaired) electrons. The summed E-state index contributed by atoms with van der Waals surface area (Å²) in [6.07, 6.45) is 2.80. The second-order valence-corrected chi connectivity index (χ2v) is 8.51. The Morgan fingerprint density at radius 1 is 1.20 bits per heavy atom.